The molecule has 1 aliphatic carbocycles. The van der Waals surface area contributed by atoms with Crippen molar-refractivity contribution in [3.05, 3.63) is 94.8 Å². The number of hydrogen-bond acceptors (Lipinski definition) is 5. The van der Waals surface area contributed by atoms with Gasteiger partial charge in [0, 0.05) is 18.0 Å². The SMILES string of the molecule is CC(=O)c1ccc(F)cc1C(O)C(O)CNC(=O)OCC1c2ccccc2-c2ccccc21. The van der Waals surface area contributed by atoms with Gasteiger partial charge in [0.15, 0.2) is 5.78 Å². The van der Waals surface area contributed by atoms with Crippen LogP contribution in [0.15, 0.2) is 66.7 Å². The van der Waals surface area contributed by atoms with E-state index in [1.165, 1.54) is 13.0 Å². The van der Waals surface area contributed by atoms with Gasteiger partial charge in [-0.2, -0.15) is 0 Å². The van der Waals surface area contributed by atoms with E-state index >= 15 is 0 Å². The largest absolute Gasteiger partial charge is 0.449 e. The van der Waals surface area contributed by atoms with Gasteiger partial charge < -0.3 is 20.3 Å². The molecule has 0 aromatic heterocycles. The van der Waals surface area contributed by atoms with Crippen molar-refractivity contribution >= 4 is 11.9 Å². The van der Waals surface area contributed by atoms with Crippen LogP contribution < -0.4 is 5.32 Å². The Morgan fingerprint density at radius 1 is 1.00 bits per heavy atom. The molecule has 0 bridgehead atoms. The van der Waals surface area contributed by atoms with Gasteiger partial charge in [-0.05, 0) is 52.9 Å². The zero-order valence-corrected chi connectivity index (χ0v) is 18.0. The molecule has 0 spiro atoms. The zero-order chi connectivity index (χ0) is 23.5. The molecule has 0 aliphatic heterocycles. The third-order valence-electron chi connectivity index (χ3n) is 5.88. The third-order valence-corrected chi connectivity index (χ3v) is 5.88. The van der Waals surface area contributed by atoms with Crippen LogP contribution in [0.25, 0.3) is 11.1 Å². The minimum absolute atomic E-state index is 0.0377. The molecule has 0 heterocycles. The molecule has 0 saturated heterocycles. The summed E-state index contributed by atoms with van der Waals surface area (Å²) in [6.07, 6.45) is -3.78. The summed E-state index contributed by atoms with van der Waals surface area (Å²) in [7, 11) is 0. The summed E-state index contributed by atoms with van der Waals surface area (Å²) >= 11 is 0. The summed E-state index contributed by atoms with van der Waals surface area (Å²) < 4.78 is 19.0. The topological polar surface area (TPSA) is 95.9 Å². The molecule has 2 unspecified atom stereocenters. The van der Waals surface area contributed by atoms with Gasteiger partial charge in [0.25, 0.3) is 0 Å². The second kappa shape index (κ2) is 9.52. The van der Waals surface area contributed by atoms with Crippen LogP contribution >= 0.6 is 0 Å². The highest BCUT2D eigenvalue weighted by molar-refractivity contribution is 5.95. The van der Waals surface area contributed by atoms with Gasteiger partial charge in [0.05, 0.1) is 0 Å². The molecule has 3 aromatic carbocycles. The van der Waals surface area contributed by atoms with E-state index < -0.39 is 24.1 Å². The van der Waals surface area contributed by atoms with E-state index in [1.54, 1.807) is 0 Å². The van der Waals surface area contributed by atoms with E-state index in [0.29, 0.717) is 0 Å². The molecule has 6 nitrogen and oxygen atoms in total. The molecule has 3 aromatic rings. The van der Waals surface area contributed by atoms with E-state index in [9.17, 15) is 24.2 Å². The van der Waals surface area contributed by atoms with E-state index in [4.69, 9.17) is 4.74 Å². The number of Topliss-reactive ketones (excluding diaryl/α,β-unsaturated/α-hetero) is 1. The molecule has 3 N–H and O–H groups in total. The highest BCUT2D eigenvalue weighted by Gasteiger charge is 2.29. The van der Waals surface area contributed by atoms with Gasteiger partial charge in [-0.3, -0.25) is 4.79 Å². The molecule has 0 fully saturated rings. The Labute approximate surface area is 190 Å². The van der Waals surface area contributed by atoms with E-state index in [2.05, 4.69) is 5.32 Å². The molecular weight excluding hydrogens is 425 g/mol. The van der Waals surface area contributed by atoms with Crippen LogP contribution in [0.2, 0.25) is 0 Å². The van der Waals surface area contributed by atoms with Gasteiger partial charge in [-0.15, -0.1) is 0 Å². The summed E-state index contributed by atoms with van der Waals surface area (Å²) in [5, 5.41) is 23.1. The summed E-state index contributed by atoms with van der Waals surface area (Å²) in [6.45, 7) is 1.05. The Morgan fingerprint density at radius 2 is 1.61 bits per heavy atom. The molecule has 0 saturated carbocycles. The molecule has 170 valence electrons. The number of aliphatic hydroxyl groups excluding tert-OH is 2. The number of nitrogens with one attached hydrogen (secondary N) is 1. The molecular formula is C26H24FNO5. The number of carbonyl (C=O) groups is 2. The standard InChI is InChI=1S/C26H24FNO5/c1-15(29)17-11-10-16(27)12-22(17)25(31)24(30)13-28-26(32)33-14-23-20-8-4-2-6-18(20)19-7-3-5-9-21(19)23/h2-12,23-25,30-31H,13-14H2,1H3,(H,28,32). The fraction of sp³-hybridized carbons (Fsp3) is 0.231. The highest BCUT2D eigenvalue weighted by atomic mass is 19.1. The second-order valence-electron chi connectivity index (χ2n) is 8.01. The van der Waals surface area contributed by atoms with E-state index in [0.717, 1.165) is 34.4 Å². The number of aliphatic hydroxyl groups is 2. The maximum atomic E-state index is 13.6. The number of rotatable bonds is 7. The lowest BCUT2D eigenvalue weighted by molar-refractivity contribution is 0.0179. The van der Waals surface area contributed by atoms with Crippen molar-refractivity contribution in [3.8, 4) is 11.1 Å². The number of hydrogen-bond donors (Lipinski definition) is 3. The monoisotopic (exact) mass is 449 g/mol. The fourth-order valence-electron chi connectivity index (χ4n) is 4.26. The summed E-state index contributed by atoms with van der Waals surface area (Å²) in [6, 6.07) is 19.3. The average molecular weight is 449 g/mol. The summed E-state index contributed by atoms with van der Waals surface area (Å²) in [4.78, 5) is 24.0. The Hall–Kier alpha value is -3.55. The Morgan fingerprint density at radius 3 is 2.21 bits per heavy atom. The summed E-state index contributed by atoms with van der Waals surface area (Å²) in [5.74, 6) is -1.13. The van der Waals surface area contributed by atoms with Crippen molar-refractivity contribution in [3.63, 3.8) is 0 Å². The number of alkyl carbamates (subject to hydrolysis) is 1. The first-order valence-electron chi connectivity index (χ1n) is 10.6. The van der Waals surface area contributed by atoms with Crippen LogP contribution in [0.5, 0.6) is 0 Å². The average Bonchev–Trinajstić information content (AvgIpc) is 3.14. The quantitative estimate of drug-likeness (QED) is 0.475. The van der Waals surface area contributed by atoms with Crippen molar-refractivity contribution in [2.24, 2.45) is 0 Å². The first-order chi connectivity index (χ1) is 15.9. The highest BCUT2D eigenvalue weighted by Crippen LogP contribution is 2.44. The molecule has 33 heavy (non-hydrogen) atoms. The number of ketones is 1. The third kappa shape index (κ3) is 4.65. The number of carbonyl (C=O) groups excluding carboxylic acids is 2. The van der Waals surface area contributed by atoms with Crippen molar-refractivity contribution in [1.82, 2.24) is 5.32 Å². The van der Waals surface area contributed by atoms with Gasteiger partial charge in [-0.25, -0.2) is 9.18 Å². The predicted octanol–water partition coefficient (Wildman–Crippen LogP) is 3.96. The smallest absolute Gasteiger partial charge is 0.407 e. The van der Waals surface area contributed by atoms with Crippen molar-refractivity contribution in [1.29, 1.82) is 0 Å². The van der Waals surface area contributed by atoms with Gasteiger partial charge in [0.2, 0.25) is 0 Å². The number of fused-ring (bicyclic) bond motifs is 3. The van der Waals surface area contributed by atoms with Crippen LogP contribution in [-0.4, -0.2) is 41.3 Å². The molecule has 1 aliphatic rings. The van der Waals surface area contributed by atoms with Crippen LogP contribution in [0, 0.1) is 5.82 Å². The van der Waals surface area contributed by atoms with Crippen molar-refractivity contribution in [2.45, 2.75) is 25.0 Å². The van der Waals surface area contributed by atoms with Crippen LogP contribution in [0.4, 0.5) is 9.18 Å². The fourth-order valence-corrected chi connectivity index (χ4v) is 4.26. The zero-order valence-electron chi connectivity index (χ0n) is 18.0. The number of amides is 1. The Kier molecular flexibility index (Phi) is 6.53. The molecule has 1 amide bonds. The van der Waals surface area contributed by atoms with E-state index in [1.807, 2.05) is 48.5 Å². The number of halogens is 1. The first kappa shape index (κ1) is 22.6. The molecule has 0 radical (unpaired) electrons. The Bertz CT molecular complexity index is 1150. The van der Waals surface area contributed by atoms with Crippen LogP contribution in [0.3, 0.4) is 0 Å². The number of ether oxygens (including phenoxy) is 1. The van der Waals surface area contributed by atoms with Crippen molar-refractivity contribution in [2.75, 3.05) is 13.2 Å². The second-order valence-corrected chi connectivity index (χ2v) is 8.01. The lowest BCUT2D eigenvalue weighted by Gasteiger charge is -2.21. The van der Waals surface area contributed by atoms with Gasteiger partial charge in [-0.1, -0.05) is 48.5 Å². The maximum absolute atomic E-state index is 13.6. The van der Waals surface area contributed by atoms with E-state index in [-0.39, 0.29) is 36.0 Å². The molecule has 4 rings (SSSR count). The molecule has 2 atom stereocenters. The lowest BCUT2D eigenvalue weighted by Crippen LogP contribution is -2.36. The Balaban J connectivity index is 1.37. The predicted molar refractivity (Wildman–Crippen MR) is 120 cm³/mol. The van der Waals surface area contributed by atoms with Gasteiger partial charge >= 0.3 is 6.09 Å². The minimum atomic E-state index is -1.56. The first-order valence-corrected chi connectivity index (χ1v) is 10.6. The summed E-state index contributed by atoms with van der Waals surface area (Å²) in [5.41, 5.74) is 4.43. The molecule has 7 heteroatoms. The lowest BCUT2D eigenvalue weighted by atomic mass is 9.96. The van der Waals surface area contributed by atoms with Crippen LogP contribution in [0.1, 0.15) is 46.0 Å². The number of benzene rings is 3. The van der Waals surface area contributed by atoms with Crippen LogP contribution in [-0.2, 0) is 4.74 Å². The maximum Gasteiger partial charge on any atom is 0.407 e. The van der Waals surface area contributed by atoms with Crippen molar-refractivity contribution < 1.29 is 28.9 Å². The normalized spacial score (nSPS) is 14.2. The minimum Gasteiger partial charge on any atom is -0.449 e. The van der Waals surface area contributed by atoms with Gasteiger partial charge in [0.1, 0.15) is 24.6 Å².